The maximum atomic E-state index is 12.2. The first-order valence-electron chi connectivity index (χ1n) is 13.2. The van der Waals surface area contributed by atoms with Gasteiger partial charge in [-0.1, -0.05) is 80.6 Å². The summed E-state index contributed by atoms with van der Waals surface area (Å²) < 4.78 is 6.45. The van der Waals surface area contributed by atoms with Gasteiger partial charge in [0, 0.05) is 24.1 Å². The number of carbonyl (C=O) groups is 1. The molecular weight excluding hydrogens is 458 g/mol. The summed E-state index contributed by atoms with van der Waals surface area (Å²) in [6, 6.07) is 27.3. The summed E-state index contributed by atoms with van der Waals surface area (Å²) in [6.07, 6.45) is 0.752. The Morgan fingerprint density at radius 2 is 1.73 bits per heavy atom. The van der Waals surface area contributed by atoms with Gasteiger partial charge < -0.3 is 15.2 Å². The van der Waals surface area contributed by atoms with Crippen molar-refractivity contribution >= 4 is 16.7 Å². The molecule has 0 aliphatic carbocycles. The second kappa shape index (κ2) is 10.4. The molecule has 1 aliphatic rings. The maximum Gasteiger partial charge on any atom is 0.335 e. The molecular formula is C33H35NO3. The van der Waals surface area contributed by atoms with Gasteiger partial charge in [-0.25, -0.2) is 4.79 Å². The minimum absolute atomic E-state index is 0.0318. The summed E-state index contributed by atoms with van der Waals surface area (Å²) in [5, 5.41) is 16.2. The summed E-state index contributed by atoms with van der Waals surface area (Å²) in [5.41, 5.74) is 5.80. The molecule has 4 nitrogen and oxygen atoms in total. The predicted octanol–water partition coefficient (Wildman–Crippen LogP) is 7.60. The van der Waals surface area contributed by atoms with Gasteiger partial charge in [0.2, 0.25) is 0 Å². The number of para-hydroxylation sites is 1. The van der Waals surface area contributed by atoms with E-state index in [9.17, 15) is 9.90 Å². The summed E-state index contributed by atoms with van der Waals surface area (Å²) in [6.45, 7) is 9.03. The number of aromatic carboxylic acids is 1. The number of carboxylic acids is 1. The molecule has 0 fully saturated rings. The van der Waals surface area contributed by atoms with Crippen molar-refractivity contribution in [3.63, 3.8) is 0 Å². The van der Waals surface area contributed by atoms with E-state index >= 15 is 0 Å². The molecule has 2 N–H and O–H groups in total. The minimum atomic E-state index is -0.865. The molecule has 0 radical (unpaired) electrons. The van der Waals surface area contributed by atoms with E-state index in [1.165, 1.54) is 16.3 Å². The lowest BCUT2D eigenvalue weighted by molar-refractivity contribution is 0.0695. The Morgan fingerprint density at radius 3 is 2.51 bits per heavy atom. The van der Waals surface area contributed by atoms with Crippen molar-refractivity contribution in [2.45, 2.75) is 58.1 Å². The van der Waals surface area contributed by atoms with Gasteiger partial charge in [-0.05, 0) is 71.3 Å². The Kier molecular flexibility index (Phi) is 7.03. The molecule has 37 heavy (non-hydrogen) atoms. The second-order valence-electron chi connectivity index (χ2n) is 10.5. The number of hydrogen-bond acceptors (Lipinski definition) is 3. The van der Waals surface area contributed by atoms with Crippen LogP contribution in [0.5, 0.6) is 5.75 Å². The van der Waals surface area contributed by atoms with Gasteiger partial charge in [-0.2, -0.15) is 0 Å². The topological polar surface area (TPSA) is 58.6 Å². The average Bonchev–Trinajstić information content (AvgIpc) is 2.90. The van der Waals surface area contributed by atoms with Crippen LogP contribution < -0.4 is 10.1 Å². The number of nitrogens with one attached hydrogen (secondary N) is 1. The maximum absolute atomic E-state index is 12.2. The van der Waals surface area contributed by atoms with Crippen LogP contribution in [0, 0.1) is 6.92 Å². The fourth-order valence-electron chi connectivity index (χ4n) is 5.95. The predicted molar refractivity (Wildman–Crippen MR) is 150 cm³/mol. The Balaban J connectivity index is 1.43. The van der Waals surface area contributed by atoms with E-state index in [0.29, 0.717) is 12.1 Å². The largest absolute Gasteiger partial charge is 0.489 e. The highest BCUT2D eigenvalue weighted by molar-refractivity contribution is 5.90. The second-order valence-corrected chi connectivity index (χ2v) is 10.5. The lowest BCUT2D eigenvalue weighted by Crippen LogP contribution is -2.37. The van der Waals surface area contributed by atoms with E-state index in [2.05, 4.69) is 80.7 Å². The van der Waals surface area contributed by atoms with E-state index < -0.39 is 5.97 Å². The highest BCUT2D eigenvalue weighted by Gasteiger charge is 2.31. The molecule has 0 spiro atoms. The molecule has 0 saturated carbocycles. The van der Waals surface area contributed by atoms with Gasteiger partial charge in [0.05, 0.1) is 5.56 Å². The van der Waals surface area contributed by atoms with Gasteiger partial charge in [-0.3, -0.25) is 0 Å². The molecule has 0 saturated heterocycles. The van der Waals surface area contributed by atoms with Crippen molar-refractivity contribution in [1.29, 1.82) is 0 Å². The molecule has 0 aromatic heterocycles. The smallest absolute Gasteiger partial charge is 0.335 e. The van der Waals surface area contributed by atoms with Gasteiger partial charge in [-0.15, -0.1) is 0 Å². The standard InChI is InChI=1S/C33H35NO3/c1-20(2)32-21(3)16-24(17-30(32)33(35)36)29-18-25(37-31-15-8-7-13-28(29)31)19-34-22(4)26-14-9-11-23-10-5-6-12-27(23)26/h5-17,20,22,25,29,34H,18-19H2,1-4H3,(H,35,36)/t22-,25-,29+/m1/s1. The van der Waals surface area contributed by atoms with Crippen LogP contribution in [0.4, 0.5) is 0 Å². The number of ether oxygens (including phenoxy) is 1. The number of benzene rings is 4. The first-order valence-corrected chi connectivity index (χ1v) is 13.2. The molecule has 4 aromatic rings. The van der Waals surface area contributed by atoms with Crippen LogP contribution in [-0.4, -0.2) is 23.7 Å². The van der Waals surface area contributed by atoms with Crippen molar-refractivity contribution in [2.75, 3.05) is 6.54 Å². The molecule has 0 bridgehead atoms. The van der Waals surface area contributed by atoms with E-state index in [-0.39, 0.29) is 24.0 Å². The molecule has 4 aromatic carbocycles. The Labute approximate surface area is 219 Å². The van der Waals surface area contributed by atoms with E-state index in [0.717, 1.165) is 34.4 Å². The van der Waals surface area contributed by atoms with Crippen molar-refractivity contribution in [2.24, 2.45) is 0 Å². The molecule has 5 rings (SSSR count). The Morgan fingerprint density at radius 1 is 1.00 bits per heavy atom. The molecule has 0 amide bonds. The van der Waals surface area contributed by atoms with Crippen molar-refractivity contribution in [3.05, 3.63) is 112 Å². The highest BCUT2D eigenvalue weighted by Crippen LogP contribution is 2.42. The monoisotopic (exact) mass is 493 g/mol. The molecule has 4 heteroatoms. The molecule has 1 heterocycles. The van der Waals surface area contributed by atoms with Crippen LogP contribution in [0.15, 0.2) is 78.9 Å². The van der Waals surface area contributed by atoms with Crippen molar-refractivity contribution in [1.82, 2.24) is 5.32 Å². The van der Waals surface area contributed by atoms with Gasteiger partial charge >= 0.3 is 5.97 Å². The number of hydrogen-bond donors (Lipinski definition) is 2. The van der Waals surface area contributed by atoms with Gasteiger partial charge in [0.1, 0.15) is 11.9 Å². The minimum Gasteiger partial charge on any atom is -0.489 e. The molecule has 3 atom stereocenters. The van der Waals surface area contributed by atoms with Crippen LogP contribution in [0.1, 0.15) is 83.2 Å². The van der Waals surface area contributed by atoms with Crippen molar-refractivity contribution in [3.8, 4) is 5.75 Å². The number of aryl methyl sites for hydroxylation is 1. The third-order valence-electron chi connectivity index (χ3n) is 7.65. The quantitative estimate of drug-likeness (QED) is 0.278. The first kappa shape index (κ1) is 25.0. The summed E-state index contributed by atoms with van der Waals surface area (Å²) >= 11 is 0. The number of carboxylic acid groups (broad SMARTS) is 1. The Hall–Kier alpha value is -3.63. The lowest BCUT2D eigenvalue weighted by Gasteiger charge is -2.34. The van der Waals surface area contributed by atoms with Crippen molar-refractivity contribution < 1.29 is 14.6 Å². The third-order valence-corrected chi connectivity index (χ3v) is 7.65. The zero-order valence-corrected chi connectivity index (χ0v) is 22.0. The van der Waals surface area contributed by atoms with E-state index in [4.69, 9.17) is 4.74 Å². The van der Waals surface area contributed by atoms with Gasteiger partial charge in [0.25, 0.3) is 0 Å². The molecule has 190 valence electrons. The fraction of sp³-hybridized carbons (Fsp3) is 0.303. The van der Waals surface area contributed by atoms with Crippen LogP contribution in [-0.2, 0) is 0 Å². The summed E-state index contributed by atoms with van der Waals surface area (Å²) in [4.78, 5) is 12.2. The van der Waals surface area contributed by atoms with Crippen LogP contribution in [0.2, 0.25) is 0 Å². The number of fused-ring (bicyclic) bond motifs is 2. The summed E-state index contributed by atoms with van der Waals surface area (Å²) in [7, 11) is 0. The number of rotatable bonds is 7. The van der Waals surface area contributed by atoms with Crippen LogP contribution >= 0.6 is 0 Å². The Bertz CT molecular complexity index is 1440. The SMILES string of the molecule is Cc1cc([C@@H]2C[C@H](CN[C@H](C)c3cccc4ccccc34)Oc3ccccc32)cc(C(=O)O)c1C(C)C. The summed E-state index contributed by atoms with van der Waals surface area (Å²) in [5.74, 6) is 0.235. The van der Waals surface area contributed by atoms with E-state index in [1.54, 1.807) is 0 Å². The highest BCUT2D eigenvalue weighted by atomic mass is 16.5. The third kappa shape index (κ3) is 4.99. The normalized spacial score (nSPS) is 17.9. The lowest BCUT2D eigenvalue weighted by atomic mass is 9.80. The zero-order valence-electron chi connectivity index (χ0n) is 22.0. The van der Waals surface area contributed by atoms with E-state index in [1.807, 2.05) is 31.2 Å². The zero-order chi connectivity index (χ0) is 26.1. The van der Waals surface area contributed by atoms with Crippen LogP contribution in [0.25, 0.3) is 10.8 Å². The fourth-order valence-corrected chi connectivity index (χ4v) is 5.95. The molecule has 0 unspecified atom stereocenters. The van der Waals surface area contributed by atoms with Gasteiger partial charge in [0.15, 0.2) is 0 Å². The first-order chi connectivity index (χ1) is 17.8. The van der Waals surface area contributed by atoms with Crippen LogP contribution in [0.3, 0.4) is 0 Å². The average molecular weight is 494 g/mol. The molecule has 1 aliphatic heterocycles.